The van der Waals surface area contributed by atoms with Gasteiger partial charge in [0.1, 0.15) is 5.75 Å². The molecule has 25 heavy (non-hydrogen) atoms. The van der Waals surface area contributed by atoms with Gasteiger partial charge < -0.3 is 20.9 Å². The first-order valence-corrected chi connectivity index (χ1v) is 8.58. The van der Waals surface area contributed by atoms with Gasteiger partial charge in [-0.05, 0) is 41.7 Å². The fourth-order valence-electron chi connectivity index (χ4n) is 2.69. The first-order valence-electron chi connectivity index (χ1n) is 8.58. The second-order valence-electron chi connectivity index (χ2n) is 5.80. The Morgan fingerprint density at radius 3 is 2.24 bits per heavy atom. The Balaban J connectivity index is 2.06. The van der Waals surface area contributed by atoms with E-state index in [1.165, 1.54) is 11.1 Å². The van der Waals surface area contributed by atoms with E-state index in [0.717, 1.165) is 29.8 Å². The van der Waals surface area contributed by atoms with E-state index in [1.54, 1.807) is 7.11 Å². The molecule has 0 aliphatic heterocycles. The van der Waals surface area contributed by atoms with Crippen LogP contribution in [0.5, 0.6) is 5.75 Å². The molecule has 0 aromatic heterocycles. The summed E-state index contributed by atoms with van der Waals surface area (Å²) >= 11 is 0. The number of nitrogens with two attached hydrogens (primary N) is 1. The fourth-order valence-corrected chi connectivity index (χ4v) is 2.69. The van der Waals surface area contributed by atoms with E-state index in [0.29, 0.717) is 5.96 Å². The van der Waals surface area contributed by atoms with Crippen LogP contribution in [-0.2, 0) is 12.8 Å². The normalized spacial score (nSPS) is 12.7. The Hall–Kier alpha value is -2.53. The number of hydrogen-bond donors (Lipinski definition) is 3. The van der Waals surface area contributed by atoms with Crippen molar-refractivity contribution in [3.8, 4) is 5.75 Å². The number of aliphatic hydroxyl groups is 1. The number of hydrogen-bond acceptors (Lipinski definition) is 3. The highest BCUT2D eigenvalue weighted by Gasteiger charge is 2.09. The number of nitrogens with one attached hydrogen (secondary N) is 1. The lowest BCUT2D eigenvalue weighted by Crippen LogP contribution is -2.25. The van der Waals surface area contributed by atoms with E-state index in [1.807, 2.05) is 24.3 Å². The summed E-state index contributed by atoms with van der Waals surface area (Å²) in [6, 6.07) is 13.5. The summed E-state index contributed by atoms with van der Waals surface area (Å²) in [6.45, 7) is 4.42. The molecule has 0 bridgehead atoms. The van der Waals surface area contributed by atoms with Crippen molar-refractivity contribution in [3.05, 3.63) is 59.2 Å². The topological polar surface area (TPSA) is 79.9 Å². The largest absolute Gasteiger partial charge is 0.497 e. The molecule has 1 atom stereocenters. The number of anilines is 1. The lowest BCUT2D eigenvalue weighted by Gasteiger charge is -2.15. The summed E-state index contributed by atoms with van der Waals surface area (Å²) in [7, 11) is 1.61. The molecule has 5 heteroatoms. The molecule has 0 saturated carbocycles. The molecule has 134 valence electrons. The molecule has 4 N–H and O–H groups in total. The summed E-state index contributed by atoms with van der Waals surface area (Å²) in [6.07, 6.45) is 1.12. The maximum atomic E-state index is 10.3. The Bertz CT molecular complexity index is 689. The second kappa shape index (κ2) is 9.08. The lowest BCUT2D eigenvalue weighted by molar-refractivity contribution is 0.187. The first kappa shape index (κ1) is 18.8. The van der Waals surface area contributed by atoms with Crippen LogP contribution in [0.2, 0.25) is 0 Å². The third-order valence-electron chi connectivity index (χ3n) is 4.19. The van der Waals surface area contributed by atoms with Crippen molar-refractivity contribution >= 4 is 11.6 Å². The van der Waals surface area contributed by atoms with Crippen LogP contribution in [0.15, 0.2) is 47.5 Å². The predicted molar refractivity (Wildman–Crippen MR) is 103 cm³/mol. The Kier molecular flexibility index (Phi) is 6.83. The number of guanidine groups is 1. The molecule has 5 nitrogen and oxygen atoms in total. The van der Waals surface area contributed by atoms with E-state index < -0.39 is 6.10 Å². The molecule has 1 unspecified atom stereocenters. The number of benzene rings is 2. The summed E-state index contributed by atoms with van der Waals surface area (Å²) in [5.74, 6) is 1.06. The van der Waals surface area contributed by atoms with Gasteiger partial charge in [0.25, 0.3) is 0 Å². The van der Waals surface area contributed by atoms with Crippen molar-refractivity contribution in [2.45, 2.75) is 32.8 Å². The molecule has 0 spiro atoms. The molecule has 0 radical (unpaired) electrons. The van der Waals surface area contributed by atoms with Crippen molar-refractivity contribution in [1.29, 1.82) is 0 Å². The number of rotatable bonds is 7. The zero-order valence-electron chi connectivity index (χ0n) is 15.1. The van der Waals surface area contributed by atoms with Crippen LogP contribution < -0.4 is 15.8 Å². The van der Waals surface area contributed by atoms with Gasteiger partial charge in [0, 0.05) is 5.69 Å². The number of methoxy groups -OCH3 is 1. The minimum Gasteiger partial charge on any atom is -0.497 e. The van der Waals surface area contributed by atoms with Crippen molar-refractivity contribution in [1.82, 2.24) is 0 Å². The van der Waals surface area contributed by atoms with Gasteiger partial charge in [-0.3, -0.25) is 4.99 Å². The van der Waals surface area contributed by atoms with E-state index in [9.17, 15) is 5.11 Å². The number of nitrogens with zero attached hydrogens (tertiary/aromatic N) is 1. The van der Waals surface area contributed by atoms with Crippen LogP contribution in [0.4, 0.5) is 5.69 Å². The second-order valence-corrected chi connectivity index (χ2v) is 5.80. The molecule has 0 aliphatic rings. The van der Waals surface area contributed by atoms with Crippen molar-refractivity contribution in [2.24, 2.45) is 10.7 Å². The van der Waals surface area contributed by atoms with Crippen LogP contribution >= 0.6 is 0 Å². The summed E-state index contributed by atoms with van der Waals surface area (Å²) in [4.78, 5) is 4.29. The molecular weight excluding hydrogens is 314 g/mol. The molecule has 0 heterocycles. The van der Waals surface area contributed by atoms with Gasteiger partial charge in [-0.15, -0.1) is 0 Å². The summed E-state index contributed by atoms with van der Waals surface area (Å²) in [5.41, 5.74) is 10.2. The molecule has 2 rings (SSSR count). The van der Waals surface area contributed by atoms with Gasteiger partial charge in [-0.25, -0.2) is 0 Å². The number of ether oxygens (including phenoxy) is 1. The number of aliphatic hydroxyl groups excluding tert-OH is 1. The smallest absolute Gasteiger partial charge is 0.193 e. The van der Waals surface area contributed by atoms with Gasteiger partial charge in [0.15, 0.2) is 5.96 Å². The number of aryl methyl sites for hydroxylation is 2. The van der Waals surface area contributed by atoms with Gasteiger partial charge in [-0.2, -0.15) is 0 Å². The van der Waals surface area contributed by atoms with Gasteiger partial charge in [-0.1, -0.05) is 44.2 Å². The van der Waals surface area contributed by atoms with E-state index in [4.69, 9.17) is 10.5 Å². The molecular formula is C20H27N3O2. The van der Waals surface area contributed by atoms with E-state index in [2.05, 4.69) is 42.4 Å². The number of para-hydroxylation sites is 1. The van der Waals surface area contributed by atoms with Gasteiger partial charge in [0.2, 0.25) is 0 Å². The fraction of sp³-hybridized carbons (Fsp3) is 0.350. The number of aliphatic imine (C=N–C) groups is 1. The Morgan fingerprint density at radius 2 is 1.72 bits per heavy atom. The average molecular weight is 341 g/mol. The van der Waals surface area contributed by atoms with Crippen molar-refractivity contribution in [3.63, 3.8) is 0 Å². The monoisotopic (exact) mass is 341 g/mol. The highest BCUT2D eigenvalue weighted by Crippen LogP contribution is 2.22. The van der Waals surface area contributed by atoms with Crippen molar-refractivity contribution < 1.29 is 9.84 Å². The third-order valence-corrected chi connectivity index (χ3v) is 4.19. The standard InChI is InChI=1S/C20H27N3O2/c1-4-14-7-6-8-15(5-2)19(14)23-20(21)22-13-18(24)16-9-11-17(25-3)12-10-16/h6-12,18,24H,4-5,13H2,1-3H3,(H3,21,22,23). The van der Waals surface area contributed by atoms with Crippen LogP contribution in [0.25, 0.3) is 0 Å². The summed E-state index contributed by atoms with van der Waals surface area (Å²) in [5, 5.41) is 13.5. The average Bonchev–Trinajstić information content (AvgIpc) is 2.66. The lowest BCUT2D eigenvalue weighted by atomic mass is 10.0. The maximum Gasteiger partial charge on any atom is 0.193 e. The first-order chi connectivity index (χ1) is 12.1. The van der Waals surface area contributed by atoms with E-state index >= 15 is 0 Å². The molecule has 0 aliphatic carbocycles. The highest BCUT2D eigenvalue weighted by molar-refractivity contribution is 5.93. The minimum absolute atomic E-state index is 0.195. The van der Waals surface area contributed by atoms with Gasteiger partial charge in [0.05, 0.1) is 19.8 Å². The quantitative estimate of drug-likeness (QED) is 0.533. The van der Waals surface area contributed by atoms with Crippen LogP contribution in [-0.4, -0.2) is 24.7 Å². The SMILES string of the molecule is CCc1cccc(CC)c1NC(N)=NCC(O)c1ccc(OC)cc1. The zero-order valence-corrected chi connectivity index (χ0v) is 15.1. The minimum atomic E-state index is -0.710. The maximum absolute atomic E-state index is 10.3. The zero-order chi connectivity index (χ0) is 18.2. The summed E-state index contributed by atoms with van der Waals surface area (Å²) < 4.78 is 5.12. The molecule has 0 saturated heterocycles. The molecule has 2 aromatic rings. The molecule has 0 amide bonds. The Morgan fingerprint density at radius 1 is 1.12 bits per heavy atom. The van der Waals surface area contributed by atoms with Crippen LogP contribution in [0, 0.1) is 0 Å². The third kappa shape index (κ3) is 4.97. The molecule has 0 fully saturated rings. The van der Waals surface area contributed by atoms with Crippen LogP contribution in [0.3, 0.4) is 0 Å². The highest BCUT2D eigenvalue weighted by atomic mass is 16.5. The van der Waals surface area contributed by atoms with Gasteiger partial charge >= 0.3 is 0 Å². The van der Waals surface area contributed by atoms with Crippen LogP contribution in [0.1, 0.15) is 36.6 Å². The predicted octanol–water partition coefficient (Wildman–Crippen LogP) is 3.28. The van der Waals surface area contributed by atoms with E-state index in [-0.39, 0.29) is 6.54 Å². The van der Waals surface area contributed by atoms with Crippen molar-refractivity contribution in [2.75, 3.05) is 19.0 Å². The molecule has 2 aromatic carbocycles. The Labute approximate surface area is 149 Å².